The minimum atomic E-state index is -2.07. The molecule has 8 heteroatoms. The van der Waals surface area contributed by atoms with Crippen molar-refractivity contribution in [1.29, 1.82) is 0 Å². The predicted molar refractivity (Wildman–Crippen MR) is 90.0 cm³/mol. The van der Waals surface area contributed by atoms with E-state index < -0.39 is 46.9 Å². The summed E-state index contributed by atoms with van der Waals surface area (Å²) in [5, 5.41) is 0. The first kappa shape index (κ1) is 16.4. The molecule has 4 fully saturated rings. The fourth-order valence-corrected chi connectivity index (χ4v) is 5.34. The number of anilines is 1. The first-order valence-corrected chi connectivity index (χ1v) is 8.92. The number of carbonyl (C=O) groups excluding carboxylic acids is 4. The van der Waals surface area contributed by atoms with E-state index in [9.17, 15) is 19.2 Å². The summed E-state index contributed by atoms with van der Waals surface area (Å²) in [6.07, 6.45) is 0.403. The number of hydrogen-bond donors (Lipinski definition) is 0. The van der Waals surface area contributed by atoms with Crippen molar-refractivity contribution in [2.45, 2.75) is 24.7 Å². The number of esters is 1. The zero-order valence-corrected chi connectivity index (χ0v) is 14.9. The quantitative estimate of drug-likeness (QED) is 0.423. The van der Waals surface area contributed by atoms with Gasteiger partial charge in [0.25, 0.3) is 11.5 Å². The van der Waals surface area contributed by atoms with Gasteiger partial charge in [-0.2, -0.15) is 0 Å². The van der Waals surface area contributed by atoms with Crippen molar-refractivity contribution in [3.8, 4) is 0 Å². The van der Waals surface area contributed by atoms with Gasteiger partial charge in [-0.05, 0) is 18.1 Å². The lowest BCUT2D eigenvalue weighted by Crippen LogP contribution is -2.60. The molecule has 140 valence electrons. The van der Waals surface area contributed by atoms with Gasteiger partial charge >= 0.3 is 5.97 Å². The minimum Gasteiger partial charge on any atom is -0.466 e. The summed E-state index contributed by atoms with van der Waals surface area (Å²) in [5.74, 6) is -4.54. The number of rotatable bonds is 2. The average molecular weight is 370 g/mol. The van der Waals surface area contributed by atoms with Crippen molar-refractivity contribution >= 4 is 29.4 Å². The standard InChI is InChI=1S/C19H18N2O6/c1-10-8-18-12-13(15(23)21(14(12)22)11-6-4-3-5-7-11)19(27-18,17(25)26-2)16(24)20(18)9-10/h3-7,10,12-13H,8-9H2,1-2H3/t10-,12-,13+,18+,19-/m0/s1. The third kappa shape index (κ3) is 1.63. The van der Waals surface area contributed by atoms with Crippen LogP contribution in [0.1, 0.15) is 13.3 Å². The molecule has 4 aliphatic rings. The number of imide groups is 1. The molecule has 0 aliphatic carbocycles. The van der Waals surface area contributed by atoms with E-state index in [1.54, 1.807) is 30.3 Å². The van der Waals surface area contributed by atoms with Gasteiger partial charge in [0, 0.05) is 13.0 Å². The van der Waals surface area contributed by atoms with E-state index >= 15 is 0 Å². The topological polar surface area (TPSA) is 93.2 Å². The molecular weight excluding hydrogens is 352 g/mol. The van der Waals surface area contributed by atoms with Crippen LogP contribution in [0.15, 0.2) is 30.3 Å². The number of hydrogen-bond acceptors (Lipinski definition) is 6. The predicted octanol–water partition coefficient (Wildman–Crippen LogP) is 0.312. The first-order valence-electron chi connectivity index (χ1n) is 8.92. The van der Waals surface area contributed by atoms with Gasteiger partial charge in [0.05, 0.1) is 12.8 Å². The van der Waals surface area contributed by atoms with Crippen molar-refractivity contribution in [2.24, 2.45) is 17.8 Å². The molecular formula is C19H18N2O6. The molecule has 5 atom stereocenters. The Hall–Kier alpha value is -2.74. The molecule has 0 unspecified atom stereocenters. The maximum absolute atomic E-state index is 13.3. The fraction of sp³-hybridized carbons (Fsp3) is 0.474. The van der Waals surface area contributed by atoms with Gasteiger partial charge in [-0.15, -0.1) is 0 Å². The highest BCUT2D eigenvalue weighted by atomic mass is 16.6. The molecule has 0 aromatic heterocycles. The smallest absolute Gasteiger partial charge is 0.349 e. The van der Waals surface area contributed by atoms with Gasteiger partial charge in [-0.1, -0.05) is 25.1 Å². The third-order valence-electron chi connectivity index (χ3n) is 6.23. The molecule has 5 rings (SSSR count). The molecule has 2 bridgehead atoms. The molecule has 1 aromatic rings. The average Bonchev–Trinajstić information content (AvgIpc) is 3.31. The molecule has 1 spiro atoms. The van der Waals surface area contributed by atoms with Gasteiger partial charge in [-0.25, -0.2) is 9.69 Å². The largest absolute Gasteiger partial charge is 0.466 e. The number of fused-ring (bicyclic) bond motifs is 3. The Morgan fingerprint density at radius 3 is 2.48 bits per heavy atom. The van der Waals surface area contributed by atoms with Crippen molar-refractivity contribution in [2.75, 3.05) is 18.6 Å². The van der Waals surface area contributed by atoms with E-state index in [-0.39, 0.29) is 5.92 Å². The third-order valence-corrected chi connectivity index (χ3v) is 6.23. The lowest BCUT2D eigenvalue weighted by molar-refractivity contribution is -0.175. The van der Waals surface area contributed by atoms with E-state index in [1.807, 2.05) is 6.92 Å². The van der Waals surface area contributed by atoms with Gasteiger partial charge in [0.1, 0.15) is 11.8 Å². The second kappa shape index (κ2) is 4.95. The van der Waals surface area contributed by atoms with E-state index in [2.05, 4.69) is 0 Å². The van der Waals surface area contributed by atoms with Gasteiger partial charge in [0.15, 0.2) is 5.72 Å². The maximum Gasteiger partial charge on any atom is 0.349 e. The lowest BCUT2D eigenvalue weighted by Gasteiger charge is -2.35. The lowest BCUT2D eigenvalue weighted by atomic mass is 9.74. The maximum atomic E-state index is 13.3. The van der Waals surface area contributed by atoms with Crippen LogP contribution in [0.4, 0.5) is 5.69 Å². The molecule has 3 amide bonds. The summed E-state index contributed by atoms with van der Waals surface area (Å²) in [4.78, 5) is 55.0. The number of ether oxygens (including phenoxy) is 2. The van der Waals surface area contributed by atoms with Gasteiger partial charge in [-0.3, -0.25) is 14.4 Å². The number of carbonyl (C=O) groups is 4. The van der Waals surface area contributed by atoms with Crippen LogP contribution in [-0.2, 0) is 28.7 Å². The van der Waals surface area contributed by atoms with Crippen LogP contribution in [0.2, 0.25) is 0 Å². The summed E-state index contributed by atoms with van der Waals surface area (Å²) in [5.41, 5.74) is -2.91. The highest BCUT2D eigenvalue weighted by Crippen LogP contribution is 2.63. The van der Waals surface area contributed by atoms with Crippen molar-refractivity contribution in [1.82, 2.24) is 4.90 Å². The number of methoxy groups -OCH3 is 1. The van der Waals surface area contributed by atoms with Crippen LogP contribution in [0, 0.1) is 17.8 Å². The fourth-order valence-electron chi connectivity index (χ4n) is 5.34. The summed E-state index contributed by atoms with van der Waals surface area (Å²) in [6, 6.07) is 8.52. The summed E-state index contributed by atoms with van der Waals surface area (Å²) in [7, 11) is 1.15. The minimum absolute atomic E-state index is 0.0945. The van der Waals surface area contributed by atoms with Crippen LogP contribution in [0.25, 0.3) is 0 Å². The molecule has 8 nitrogen and oxygen atoms in total. The number of para-hydroxylation sites is 1. The van der Waals surface area contributed by atoms with Crippen molar-refractivity contribution in [3.05, 3.63) is 30.3 Å². The van der Waals surface area contributed by atoms with E-state index in [4.69, 9.17) is 9.47 Å². The summed E-state index contributed by atoms with van der Waals surface area (Å²) >= 11 is 0. The Labute approximate surface area is 155 Å². The Kier molecular flexibility index (Phi) is 3.01. The Balaban J connectivity index is 1.70. The van der Waals surface area contributed by atoms with E-state index in [1.165, 1.54) is 4.90 Å². The highest BCUT2D eigenvalue weighted by Gasteiger charge is 2.86. The summed E-state index contributed by atoms with van der Waals surface area (Å²) in [6.45, 7) is 2.33. The Morgan fingerprint density at radius 1 is 1.15 bits per heavy atom. The molecule has 0 radical (unpaired) electrons. The Bertz CT molecular complexity index is 901. The number of piperidine rings is 1. The molecule has 27 heavy (non-hydrogen) atoms. The number of nitrogens with zero attached hydrogens (tertiary/aromatic N) is 2. The zero-order chi connectivity index (χ0) is 19.1. The summed E-state index contributed by atoms with van der Waals surface area (Å²) < 4.78 is 10.9. The molecule has 1 aromatic carbocycles. The van der Waals surface area contributed by atoms with Crippen LogP contribution < -0.4 is 4.90 Å². The van der Waals surface area contributed by atoms with Crippen LogP contribution >= 0.6 is 0 Å². The first-order chi connectivity index (χ1) is 12.9. The van der Waals surface area contributed by atoms with E-state index in [0.717, 1.165) is 12.0 Å². The molecule has 4 saturated heterocycles. The zero-order valence-electron chi connectivity index (χ0n) is 14.9. The normalized spacial score (nSPS) is 39.2. The van der Waals surface area contributed by atoms with Gasteiger partial charge < -0.3 is 14.4 Å². The molecule has 0 saturated carbocycles. The molecule has 4 heterocycles. The van der Waals surface area contributed by atoms with Crippen LogP contribution in [0.3, 0.4) is 0 Å². The molecule has 0 N–H and O–H groups in total. The van der Waals surface area contributed by atoms with Crippen LogP contribution in [0.5, 0.6) is 0 Å². The van der Waals surface area contributed by atoms with Gasteiger partial charge in [0.2, 0.25) is 11.8 Å². The SMILES string of the molecule is COC(=O)[C@@]12O[C@]3(C[C@H](C)CN3C1=O)[C@@H]1C(=O)N(c3ccccc3)C(=O)[C@@H]12. The number of benzene rings is 1. The van der Waals surface area contributed by atoms with Crippen molar-refractivity contribution < 1.29 is 28.7 Å². The number of amides is 3. The highest BCUT2D eigenvalue weighted by molar-refractivity contribution is 6.28. The second-order valence-electron chi connectivity index (χ2n) is 7.70. The van der Waals surface area contributed by atoms with Crippen molar-refractivity contribution in [3.63, 3.8) is 0 Å². The second-order valence-corrected chi connectivity index (χ2v) is 7.70. The van der Waals surface area contributed by atoms with E-state index in [0.29, 0.717) is 18.7 Å². The Morgan fingerprint density at radius 2 is 1.81 bits per heavy atom. The molecule has 4 aliphatic heterocycles. The monoisotopic (exact) mass is 370 g/mol. The van der Waals surface area contributed by atoms with Crippen LogP contribution in [-0.4, -0.2) is 53.6 Å².